The maximum absolute atomic E-state index is 13.6. The average molecular weight is 488 g/mol. The number of urea groups is 1. The highest BCUT2D eigenvalue weighted by Gasteiger charge is 2.46. The van der Waals surface area contributed by atoms with Crippen LogP contribution in [-0.2, 0) is 16.7 Å². The Morgan fingerprint density at radius 1 is 1.03 bits per heavy atom. The Kier molecular flexibility index (Phi) is 6.49. The molecule has 1 spiro atoms. The third-order valence-electron chi connectivity index (χ3n) is 7.39. The number of amides is 2. The van der Waals surface area contributed by atoms with E-state index in [0.717, 1.165) is 43.7 Å². The number of piperidine rings is 1. The molecular weight excluding hydrogens is 457 g/mol. The molecule has 2 heterocycles. The summed E-state index contributed by atoms with van der Waals surface area (Å²) < 4.78 is 18.4. The number of carbonyl (C=O) groups excluding carboxylic acids is 2. The number of likely N-dealkylation sites (tertiary alicyclic amines) is 1. The zero-order valence-corrected chi connectivity index (χ0v) is 20.6. The molecular formula is C29H30FN3O3. The summed E-state index contributed by atoms with van der Waals surface area (Å²) in [5, 5.41) is 2.86. The van der Waals surface area contributed by atoms with Crippen molar-refractivity contribution in [1.82, 2.24) is 4.90 Å². The number of nitrogens with zero attached hydrogens (tertiary/aromatic N) is 2. The molecule has 0 unspecified atom stereocenters. The summed E-state index contributed by atoms with van der Waals surface area (Å²) in [6, 6.07) is 19.6. The van der Waals surface area contributed by atoms with Gasteiger partial charge in [0.25, 0.3) is 0 Å². The van der Waals surface area contributed by atoms with Crippen LogP contribution in [0.15, 0.2) is 66.7 Å². The number of benzene rings is 3. The largest absolute Gasteiger partial charge is 0.465 e. The number of rotatable bonds is 4. The summed E-state index contributed by atoms with van der Waals surface area (Å²) in [6.45, 7) is 5.31. The van der Waals surface area contributed by atoms with Gasteiger partial charge in [0.2, 0.25) is 0 Å². The Balaban J connectivity index is 1.30. The van der Waals surface area contributed by atoms with Gasteiger partial charge in [-0.25, -0.2) is 14.0 Å². The minimum atomic E-state index is -0.381. The second-order valence-corrected chi connectivity index (χ2v) is 9.79. The summed E-state index contributed by atoms with van der Waals surface area (Å²) in [7, 11) is 1.38. The van der Waals surface area contributed by atoms with Gasteiger partial charge in [0.15, 0.2) is 0 Å². The lowest BCUT2D eigenvalue weighted by Crippen LogP contribution is -2.46. The molecule has 1 N–H and O–H groups in total. The van der Waals surface area contributed by atoms with E-state index in [1.807, 2.05) is 24.3 Å². The number of ether oxygens (including phenoxy) is 1. The van der Waals surface area contributed by atoms with Gasteiger partial charge in [-0.2, -0.15) is 0 Å². The zero-order chi connectivity index (χ0) is 25.3. The fourth-order valence-electron chi connectivity index (χ4n) is 5.41. The lowest BCUT2D eigenvalue weighted by Gasteiger charge is -2.40. The van der Waals surface area contributed by atoms with Gasteiger partial charge < -0.3 is 10.1 Å². The van der Waals surface area contributed by atoms with Crippen molar-refractivity contribution in [2.45, 2.75) is 31.7 Å². The number of halogens is 1. The minimum Gasteiger partial charge on any atom is -0.465 e. The lowest BCUT2D eigenvalue weighted by atomic mass is 9.74. The first-order valence-corrected chi connectivity index (χ1v) is 12.2. The summed E-state index contributed by atoms with van der Waals surface area (Å²) in [6.07, 6.45) is 1.88. The van der Waals surface area contributed by atoms with E-state index in [2.05, 4.69) is 23.2 Å². The van der Waals surface area contributed by atoms with Gasteiger partial charge in [0, 0.05) is 29.9 Å². The van der Waals surface area contributed by atoms with Crippen LogP contribution in [0, 0.1) is 12.7 Å². The van der Waals surface area contributed by atoms with Crippen LogP contribution in [0.5, 0.6) is 0 Å². The van der Waals surface area contributed by atoms with Crippen LogP contribution < -0.4 is 10.2 Å². The normalized spacial score (nSPS) is 16.6. The van der Waals surface area contributed by atoms with E-state index in [4.69, 9.17) is 4.74 Å². The molecule has 0 aromatic heterocycles. The molecule has 36 heavy (non-hydrogen) atoms. The molecule has 2 aliphatic rings. The number of fused-ring (bicyclic) bond motifs is 2. The molecule has 0 bridgehead atoms. The van der Waals surface area contributed by atoms with Crippen molar-refractivity contribution in [1.29, 1.82) is 0 Å². The Morgan fingerprint density at radius 3 is 2.47 bits per heavy atom. The van der Waals surface area contributed by atoms with Gasteiger partial charge in [0.1, 0.15) is 5.82 Å². The number of hydrogen-bond donors (Lipinski definition) is 1. The summed E-state index contributed by atoms with van der Waals surface area (Å²) in [5.41, 5.74) is 5.37. The first kappa shape index (κ1) is 24.0. The van der Waals surface area contributed by atoms with Crippen molar-refractivity contribution < 1.29 is 18.7 Å². The highest BCUT2D eigenvalue weighted by molar-refractivity contribution is 6.03. The monoisotopic (exact) mass is 487 g/mol. The maximum Gasteiger partial charge on any atom is 0.337 e. The van der Waals surface area contributed by atoms with Crippen LogP contribution in [0.3, 0.4) is 0 Å². The highest BCUT2D eigenvalue weighted by Crippen LogP contribution is 2.47. The van der Waals surface area contributed by atoms with Crippen LogP contribution in [-0.4, -0.2) is 43.6 Å². The lowest BCUT2D eigenvalue weighted by molar-refractivity contribution is 0.0600. The summed E-state index contributed by atoms with van der Waals surface area (Å²) in [5.74, 6) is -0.711. The van der Waals surface area contributed by atoms with Gasteiger partial charge in [-0.05, 0) is 80.4 Å². The third kappa shape index (κ3) is 4.71. The van der Waals surface area contributed by atoms with Crippen LogP contribution in [0.25, 0.3) is 0 Å². The molecule has 6 nitrogen and oxygen atoms in total. The van der Waals surface area contributed by atoms with E-state index >= 15 is 0 Å². The SMILES string of the molecule is COC(=O)c1ccc(CN2CCC3(CC2)CN(C(=O)Nc2cccc(F)c2)c2ccc(C)cc23)cc1. The molecule has 3 aromatic rings. The molecule has 0 aliphatic carbocycles. The van der Waals surface area contributed by atoms with Crippen molar-refractivity contribution in [3.63, 3.8) is 0 Å². The highest BCUT2D eigenvalue weighted by atomic mass is 19.1. The Hall–Kier alpha value is -3.71. The van der Waals surface area contributed by atoms with Crippen molar-refractivity contribution in [2.24, 2.45) is 0 Å². The van der Waals surface area contributed by atoms with Crippen molar-refractivity contribution in [3.8, 4) is 0 Å². The van der Waals surface area contributed by atoms with Gasteiger partial charge in [0.05, 0.1) is 12.7 Å². The van der Waals surface area contributed by atoms with Crippen molar-refractivity contribution in [2.75, 3.05) is 37.0 Å². The van der Waals surface area contributed by atoms with E-state index in [9.17, 15) is 14.0 Å². The number of anilines is 2. The van der Waals surface area contributed by atoms with Gasteiger partial charge >= 0.3 is 12.0 Å². The fraction of sp³-hybridized carbons (Fsp3) is 0.310. The standard InChI is InChI=1S/C29H30FN3O3/c1-20-6-11-26-25(16-20)29(19-33(26)28(35)31-24-5-3-4-23(30)17-24)12-14-32(15-13-29)18-21-7-9-22(10-8-21)27(34)36-2/h3-11,16-17H,12-15,18-19H2,1-2H3,(H,31,35). The fourth-order valence-corrected chi connectivity index (χ4v) is 5.41. The van der Waals surface area contributed by atoms with Crippen LogP contribution in [0.1, 0.15) is 39.9 Å². The molecule has 1 fully saturated rings. The molecule has 0 saturated carbocycles. The zero-order valence-electron chi connectivity index (χ0n) is 20.6. The molecule has 0 radical (unpaired) electrons. The maximum atomic E-state index is 13.6. The Labute approximate surface area is 210 Å². The van der Waals surface area contributed by atoms with E-state index in [0.29, 0.717) is 17.8 Å². The Morgan fingerprint density at radius 2 is 1.78 bits per heavy atom. The number of aryl methyl sites for hydroxylation is 1. The second-order valence-electron chi connectivity index (χ2n) is 9.79. The van der Waals surface area contributed by atoms with Gasteiger partial charge in [-0.3, -0.25) is 9.80 Å². The predicted molar refractivity (Wildman–Crippen MR) is 138 cm³/mol. The number of methoxy groups -OCH3 is 1. The number of esters is 1. The van der Waals surface area contributed by atoms with Crippen molar-refractivity contribution >= 4 is 23.4 Å². The average Bonchev–Trinajstić information content (AvgIpc) is 3.19. The topological polar surface area (TPSA) is 61.9 Å². The summed E-state index contributed by atoms with van der Waals surface area (Å²) in [4.78, 5) is 29.2. The van der Waals surface area contributed by atoms with E-state index in [1.54, 1.807) is 29.2 Å². The Bertz CT molecular complexity index is 1280. The molecule has 5 rings (SSSR count). The smallest absolute Gasteiger partial charge is 0.337 e. The number of hydrogen-bond acceptors (Lipinski definition) is 4. The van der Waals surface area contributed by atoms with Crippen LogP contribution in [0.4, 0.5) is 20.6 Å². The molecule has 186 valence electrons. The quantitative estimate of drug-likeness (QED) is 0.493. The van der Waals surface area contributed by atoms with E-state index < -0.39 is 0 Å². The van der Waals surface area contributed by atoms with Crippen LogP contribution in [0.2, 0.25) is 0 Å². The molecule has 3 aromatic carbocycles. The number of carbonyl (C=O) groups is 2. The van der Waals surface area contributed by atoms with Crippen LogP contribution >= 0.6 is 0 Å². The van der Waals surface area contributed by atoms with E-state index in [1.165, 1.54) is 30.4 Å². The molecule has 7 heteroatoms. The first-order chi connectivity index (χ1) is 17.4. The van der Waals surface area contributed by atoms with Crippen molar-refractivity contribution in [3.05, 3.63) is 94.8 Å². The van der Waals surface area contributed by atoms with Gasteiger partial charge in [-0.15, -0.1) is 0 Å². The minimum absolute atomic E-state index is 0.105. The molecule has 2 amide bonds. The van der Waals surface area contributed by atoms with Gasteiger partial charge in [-0.1, -0.05) is 35.9 Å². The molecule has 0 atom stereocenters. The first-order valence-electron chi connectivity index (χ1n) is 12.2. The predicted octanol–water partition coefficient (Wildman–Crippen LogP) is 5.51. The van der Waals surface area contributed by atoms with E-state index in [-0.39, 0.29) is 23.2 Å². The number of nitrogens with one attached hydrogen (secondary N) is 1. The molecule has 2 aliphatic heterocycles. The summed E-state index contributed by atoms with van der Waals surface area (Å²) >= 11 is 0. The molecule has 1 saturated heterocycles. The third-order valence-corrected chi connectivity index (χ3v) is 7.39. The second kappa shape index (κ2) is 9.74.